The van der Waals surface area contributed by atoms with Crippen molar-refractivity contribution in [1.82, 2.24) is 10.2 Å². The molecule has 1 fully saturated rings. The Morgan fingerprint density at radius 1 is 1.48 bits per heavy atom. The van der Waals surface area contributed by atoms with Crippen molar-refractivity contribution in [3.8, 4) is 0 Å². The Balaban J connectivity index is 1.94. The van der Waals surface area contributed by atoms with Crippen LogP contribution in [0, 0.1) is 16.0 Å². The van der Waals surface area contributed by atoms with Gasteiger partial charge >= 0.3 is 0 Å². The first-order chi connectivity index (χ1) is 10.9. The van der Waals surface area contributed by atoms with E-state index in [9.17, 15) is 14.9 Å². The number of nitro groups is 1. The Kier molecular flexibility index (Phi) is 5.96. The van der Waals surface area contributed by atoms with Crippen molar-refractivity contribution < 1.29 is 9.72 Å². The summed E-state index contributed by atoms with van der Waals surface area (Å²) < 4.78 is 0. The number of nitrogens with zero attached hydrogens (tertiary/aromatic N) is 2. The summed E-state index contributed by atoms with van der Waals surface area (Å²) in [6, 6.07) is 4.11. The molecule has 1 aliphatic heterocycles. The first-order valence-electron chi connectivity index (χ1n) is 7.84. The predicted molar refractivity (Wildman–Crippen MR) is 89.9 cm³/mol. The lowest BCUT2D eigenvalue weighted by Crippen LogP contribution is -2.45. The summed E-state index contributed by atoms with van der Waals surface area (Å²) in [5.41, 5.74) is -0.00190. The highest BCUT2D eigenvalue weighted by Gasteiger charge is 2.21. The smallest absolute Gasteiger partial charge is 0.270 e. The summed E-state index contributed by atoms with van der Waals surface area (Å²) in [5.74, 6) is 0.382. The van der Waals surface area contributed by atoms with Gasteiger partial charge in [-0.2, -0.15) is 0 Å². The molecule has 0 bridgehead atoms. The highest BCUT2D eigenvalue weighted by Crippen LogP contribution is 2.22. The van der Waals surface area contributed by atoms with Crippen LogP contribution in [0.5, 0.6) is 0 Å². The van der Waals surface area contributed by atoms with E-state index in [1.807, 2.05) is 0 Å². The lowest BCUT2D eigenvalue weighted by atomic mass is 9.98. The number of rotatable bonds is 5. The highest BCUT2D eigenvalue weighted by molar-refractivity contribution is 6.33. The molecule has 1 amide bonds. The first-order valence-corrected chi connectivity index (χ1v) is 8.22. The number of piperidine rings is 1. The zero-order chi connectivity index (χ0) is 17.0. The van der Waals surface area contributed by atoms with Crippen molar-refractivity contribution in [1.29, 1.82) is 0 Å². The maximum Gasteiger partial charge on any atom is 0.270 e. The van der Waals surface area contributed by atoms with Crippen molar-refractivity contribution in [3.63, 3.8) is 0 Å². The van der Waals surface area contributed by atoms with Crippen LogP contribution >= 0.6 is 11.6 Å². The molecule has 6 nitrogen and oxygen atoms in total. The van der Waals surface area contributed by atoms with Crippen molar-refractivity contribution in [3.05, 3.63) is 38.9 Å². The number of amides is 1. The number of hydrogen-bond donors (Lipinski definition) is 1. The van der Waals surface area contributed by atoms with Crippen LogP contribution in [0.25, 0.3) is 0 Å². The number of carbonyl (C=O) groups excluding carboxylic acids is 1. The van der Waals surface area contributed by atoms with E-state index in [2.05, 4.69) is 24.1 Å². The largest absolute Gasteiger partial charge is 0.350 e. The quantitative estimate of drug-likeness (QED) is 0.660. The van der Waals surface area contributed by atoms with Crippen LogP contribution < -0.4 is 5.32 Å². The summed E-state index contributed by atoms with van der Waals surface area (Å²) >= 11 is 5.98. The van der Waals surface area contributed by atoms with Gasteiger partial charge in [-0.05, 0) is 44.8 Å². The van der Waals surface area contributed by atoms with Crippen LogP contribution in [-0.2, 0) is 0 Å². The SMILES string of the molecule is CC1CCN(C(C)CNC(=O)c2cc([N+](=O)[O-])ccc2Cl)CC1. The van der Waals surface area contributed by atoms with Gasteiger partial charge in [0, 0.05) is 24.7 Å². The Labute approximate surface area is 141 Å². The number of likely N-dealkylation sites (tertiary alicyclic amines) is 1. The average Bonchev–Trinajstić information content (AvgIpc) is 2.53. The summed E-state index contributed by atoms with van der Waals surface area (Å²) in [4.78, 5) is 24.9. The molecular weight excluding hydrogens is 318 g/mol. The van der Waals surface area contributed by atoms with Crippen molar-refractivity contribution in [2.24, 2.45) is 5.92 Å². The summed E-state index contributed by atoms with van der Waals surface area (Å²) in [7, 11) is 0. The normalized spacial score (nSPS) is 17.7. The van der Waals surface area contributed by atoms with Gasteiger partial charge in [-0.1, -0.05) is 18.5 Å². The van der Waals surface area contributed by atoms with E-state index < -0.39 is 4.92 Å². The Morgan fingerprint density at radius 3 is 2.74 bits per heavy atom. The molecule has 1 aromatic carbocycles. The van der Waals surface area contributed by atoms with E-state index in [0.29, 0.717) is 6.54 Å². The van der Waals surface area contributed by atoms with Gasteiger partial charge in [0.25, 0.3) is 11.6 Å². The highest BCUT2D eigenvalue weighted by atomic mass is 35.5. The third-order valence-corrected chi connectivity index (χ3v) is 4.73. The van der Waals surface area contributed by atoms with Crippen LogP contribution in [0.2, 0.25) is 5.02 Å². The number of non-ortho nitro benzene ring substituents is 1. The van der Waals surface area contributed by atoms with Crippen LogP contribution in [0.3, 0.4) is 0 Å². The van der Waals surface area contributed by atoms with Crippen molar-refractivity contribution in [2.75, 3.05) is 19.6 Å². The topological polar surface area (TPSA) is 75.5 Å². The molecule has 1 heterocycles. The van der Waals surface area contributed by atoms with Crippen LogP contribution in [0.4, 0.5) is 5.69 Å². The summed E-state index contributed by atoms with van der Waals surface area (Å²) in [5, 5.41) is 13.9. The number of nitro benzene ring substituents is 1. The third-order valence-electron chi connectivity index (χ3n) is 4.40. The Bertz CT molecular complexity index is 586. The molecular formula is C16H22ClN3O3. The fourth-order valence-corrected chi connectivity index (χ4v) is 2.94. The minimum atomic E-state index is -0.537. The van der Waals surface area contributed by atoms with E-state index in [-0.39, 0.29) is 28.2 Å². The molecule has 126 valence electrons. The van der Waals surface area contributed by atoms with E-state index >= 15 is 0 Å². The minimum absolute atomic E-state index is 0.139. The maximum absolute atomic E-state index is 12.2. The fraction of sp³-hybridized carbons (Fsp3) is 0.562. The molecule has 1 N–H and O–H groups in total. The molecule has 0 aromatic heterocycles. The molecule has 1 aromatic rings. The standard InChI is InChI=1S/C16H22ClN3O3/c1-11-5-7-19(8-6-11)12(2)10-18-16(21)14-9-13(20(22)23)3-4-15(14)17/h3-4,9,11-12H,5-8,10H2,1-2H3,(H,18,21). The molecule has 0 radical (unpaired) electrons. The van der Waals surface area contributed by atoms with Gasteiger partial charge in [0.15, 0.2) is 0 Å². The molecule has 1 unspecified atom stereocenters. The maximum atomic E-state index is 12.2. The van der Waals surface area contributed by atoms with Gasteiger partial charge in [0.05, 0.1) is 15.5 Å². The summed E-state index contributed by atoms with van der Waals surface area (Å²) in [6.45, 7) is 6.90. The van der Waals surface area contributed by atoms with Gasteiger partial charge in [0.2, 0.25) is 0 Å². The van der Waals surface area contributed by atoms with E-state index in [1.54, 1.807) is 0 Å². The minimum Gasteiger partial charge on any atom is -0.350 e. The average molecular weight is 340 g/mol. The lowest BCUT2D eigenvalue weighted by molar-refractivity contribution is -0.384. The van der Waals surface area contributed by atoms with Gasteiger partial charge in [-0.3, -0.25) is 19.8 Å². The second-order valence-corrected chi connectivity index (χ2v) is 6.61. The zero-order valence-corrected chi connectivity index (χ0v) is 14.2. The van der Waals surface area contributed by atoms with Crippen molar-refractivity contribution in [2.45, 2.75) is 32.7 Å². The Hall–Kier alpha value is -1.66. The predicted octanol–water partition coefficient (Wildman–Crippen LogP) is 3.10. The molecule has 1 aliphatic rings. The number of nitrogens with one attached hydrogen (secondary N) is 1. The van der Waals surface area contributed by atoms with E-state index in [0.717, 1.165) is 19.0 Å². The van der Waals surface area contributed by atoms with Gasteiger partial charge in [0.1, 0.15) is 0 Å². The molecule has 1 atom stereocenters. The van der Waals surface area contributed by atoms with Gasteiger partial charge in [-0.15, -0.1) is 0 Å². The Morgan fingerprint density at radius 2 is 2.13 bits per heavy atom. The molecule has 2 rings (SSSR count). The third kappa shape index (κ3) is 4.65. The van der Waals surface area contributed by atoms with Crippen LogP contribution in [0.1, 0.15) is 37.0 Å². The van der Waals surface area contributed by atoms with E-state index in [4.69, 9.17) is 11.6 Å². The number of hydrogen-bond acceptors (Lipinski definition) is 4. The fourth-order valence-electron chi connectivity index (χ4n) is 2.73. The van der Waals surface area contributed by atoms with Crippen molar-refractivity contribution >= 4 is 23.2 Å². The number of benzene rings is 1. The van der Waals surface area contributed by atoms with Gasteiger partial charge in [-0.25, -0.2) is 0 Å². The van der Waals surface area contributed by atoms with Gasteiger partial charge < -0.3 is 5.32 Å². The molecule has 23 heavy (non-hydrogen) atoms. The summed E-state index contributed by atoms with van der Waals surface area (Å²) in [6.07, 6.45) is 2.35. The molecule has 0 aliphatic carbocycles. The lowest BCUT2D eigenvalue weighted by Gasteiger charge is -2.35. The molecule has 0 saturated carbocycles. The zero-order valence-electron chi connectivity index (χ0n) is 13.4. The molecule has 1 saturated heterocycles. The van der Waals surface area contributed by atoms with Crippen LogP contribution in [0.15, 0.2) is 18.2 Å². The second kappa shape index (κ2) is 7.75. The molecule has 7 heteroatoms. The van der Waals surface area contributed by atoms with E-state index in [1.165, 1.54) is 31.0 Å². The monoisotopic (exact) mass is 339 g/mol. The second-order valence-electron chi connectivity index (χ2n) is 6.20. The molecule has 0 spiro atoms. The first kappa shape index (κ1) is 17.7. The number of halogens is 1. The van der Waals surface area contributed by atoms with Crippen LogP contribution in [-0.4, -0.2) is 41.4 Å². The number of carbonyl (C=O) groups is 1.